The Kier molecular flexibility index (Phi) is 2.71. The summed E-state index contributed by atoms with van der Waals surface area (Å²) >= 11 is 0. The molecule has 0 radical (unpaired) electrons. The lowest BCUT2D eigenvalue weighted by Gasteiger charge is -2.21. The summed E-state index contributed by atoms with van der Waals surface area (Å²) in [5.74, 6) is 0. The van der Waals surface area contributed by atoms with Crippen LogP contribution in [0.1, 0.15) is 67.8 Å². The van der Waals surface area contributed by atoms with E-state index in [9.17, 15) is 0 Å². The molecular formula is C32H33NO. The molecule has 0 saturated carbocycles. The minimum absolute atomic E-state index is 0.00303. The van der Waals surface area contributed by atoms with Gasteiger partial charge in [0.2, 0.25) is 0 Å². The van der Waals surface area contributed by atoms with Gasteiger partial charge in [-0.05, 0) is 90.3 Å². The fraction of sp³-hybridized carbons (Fsp3) is 0.281. The number of benzene rings is 3. The van der Waals surface area contributed by atoms with E-state index in [0.717, 1.165) is 18.3 Å². The molecule has 0 saturated heterocycles. The molecule has 0 spiro atoms. The molecule has 172 valence electrons. The molecule has 0 amide bonds. The zero-order valence-electron chi connectivity index (χ0n) is 33.1. The van der Waals surface area contributed by atoms with E-state index in [-0.39, 0.29) is 44.7 Å². The van der Waals surface area contributed by atoms with Gasteiger partial charge in [-0.3, -0.25) is 4.98 Å². The van der Waals surface area contributed by atoms with Crippen LogP contribution in [-0.2, 0) is 6.37 Å². The molecule has 0 N–H and O–H groups in total. The van der Waals surface area contributed by atoms with Gasteiger partial charge in [0.15, 0.2) is 0 Å². The Morgan fingerprint density at radius 1 is 0.765 bits per heavy atom. The van der Waals surface area contributed by atoms with Gasteiger partial charge in [0.1, 0.15) is 11.2 Å². The number of hydrogen-bond acceptors (Lipinski definition) is 2. The fourth-order valence-electron chi connectivity index (χ4n) is 4.18. The molecule has 2 heterocycles. The Hall–Kier alpha value is -3.39. The Balaban J connectivity index is 1.89. The molecule has 0 bridgehead atoms. The molecule has 0 fully saturated rings. The summed E-state index contributed by atoms with van der Waals surface area (Å²) in [5, 5.41) is 1.11. The molecule has 2 nitrogen and oxygen atoms in total. The monoisotopic (exact) mass is 461 g/mol. The first kappa shape index (κ1) is 11.4. The van der Waals surface area contributed by atoms with E-state index in [2.05, 4.69) is 4.98 Å². The topological polar surface area (TPSA) is 26.0 Å². The fourth-order valence-corrected chi connectivity index (χ4v) is 4.18. The van der Waals surface area contributed by atoms with E-state index >= 15 is 0 Å². The van der Waals surface area contributed by atoms with E-state index in [4.69, 9.17) is 23.6 Å². The zero-order valence-corrected chi connectivity index (χ0v) is 19.1. The van der Waals surface area contributed by atoms with Crippen LogP contribution < -0.4 is 0 Å². The van der Waals surface area contributed by atoms with Gasteiger partial charge < -0.3 is 4.42 Å². The quantitative estimate of drug-likeness (QED) is 0.268. The lowest BCUT2D eigenvalue weighted by Crippen LogP contribution is -2.10. The highest BCUT2D eigenvalue weighted by Crippen LogP contribution is 2.38. The zero-order chi connectivity index (χ0) is 36.0. The summed E-state index contributed by atoms with van der Waals surface area (Å²) in [7, 11) is 0. The summed E-state index contributed by atoms with van der Waals surface area (Å²) in [5.41, 5.74) is -2.11. The van der Waals surface area contributed by atoms with Crippen LogP contribution in [0.4, 0.5) is 0 Å². The van der Waals surface area contributed by atoms with Crippen LogP contribution in [0, 0.1) is 32.8 Å². The number of para-hydroxylation sites is 2. The molecule has 0 atom stereocenters. The van der Waals surface area contributed by atoms with Crippen molar-refractivity contribution in [3.63, 3.8) is 0 Å². The van der Waals surface area contributed by atoms with E-state index < -0.39 is 50.3 Å². The molecule has 2 aromatic heterocycles. The number of hydrogen-bond donors (Lipinski definition) is 0. The lowest BCUT2D eigenvalue weighted by atomic mass is 9.84. The Morgan fingerprint density at radius 3 is 2.21 bits per heavy atom. The third-order valence-corrected chi connectivity index (χ3v) is 5.66. The minimum atomic E-state index is -2.91. The van der Waals surface area contributed by atoms with Gasteiger partial charge in [-0.1, -0.05) is 63.2 Å². The number of aryl methyl sites for hydroxylation is 4. The molecule has 34 heavy (non-hydrogen) atoms. The lowest BCUT2D eigenvalue weighted by molar-refractivity contribution is 0.410. The molecule has 0 unspecified atom stereocenters. The first-order valence-electron chi connectivity index (χ1n) is 17.9. The van der Waals surface area contributed by atoms with E-state index in [0.29, 0.717) is 16.3 Å². The Labute approximate surface area is 222 Å². The third-order valence-electron chi connectivity index (χ3n) is 5.66. The van der Waals surface area contributed by atoms with Crippen molar-refractivity contribution in [1.82, 2.24) is 4.98 Å². The third kappa shape index (κ3) is 3.92. The Bertz CT molecular complexity index is 2040. The van der Waals surface area contributed by atoms with Crippen LogP contribution in [0.15, 0.2) is 65.2 Å². The number of furan rings is 1. The van der Waals surface area contributed by atoms with Gasteiger partial charge >= 0.3 is 0 Å². The second-order valence-electron chi connectivity index (χ2n) is 9.40. The summed E-state index contributed by atoms with van der Waals surface area (Å²) in [6.07, 6.45) is -1.22. The number of rotatable bonds is 3. The maximum atomic E-state index is 8.87. The normalized spacial score (nSPS) is 20.1. The van der Waals surface area contributed by atoms with Crippen molar-refractivity contribution in [1.29, 1.82) is 0 Å². The predicted octanol–water partition coefficient (Wildman–Crippen LogP) is 9.14. The maximum absolute atomic E-state index is 8.87. The highest BCUT2D eigenvalue weighted by Gasteiger charge is 2.18. The van der Waals surface area contributed by atoms with Crippen molar-refractivity contribution >= 4 is 21.9 Å². The predicted molar refractivity (Wildman–Crippen MR) is 144 cm³/mol. The first-order valence-corrected chi connectivity index (χ1v) is 10.9. The number of aromatic nitrogens is 1. The first-order chi connectivity index (χ1) is 21.7. The summed E-state index contributed by atoms with van der Waals surface area (Å²) in [4.78, 5) is 4.40. The van der Waals surface area contributed by atoms with Crippen LogP contribution in [0.2, 0.25) is 0 Å². The molecular weight excluding hydrogens is 414 g/mol. The summed E-state index contributed by atoms with van der Waals surface area (Å²) < 4.78 is 123. The van der Waals surface area contributed by atoms with Gasteiger partial charge in [0.25, 0.3) is 0 Å². The largest absolute Gasteiger partial charge is 0.455 e. The standard InChI is InChI=1S/C32H33NO/c1-19-10-8-11-24-25-12-9-13-26(31(25)34-30(19)24)29-16-28(22(4)18-33-29)27-15-20(2)23(14-21(27)3)17-32(5,6)7/h8-16,18H,17H2,1-7H3/i1D3,2D3,3D3,4D3,17D2. The highest BCUT2D eigenvalue weighted by molar-refractivity contribution is 6.10. The van der Waals surface area contributed by atoms with Gasteiger partial charge in [-0.15, -0.1) is 0 Å². The van der Waals surface area contributed by atoms with Crippen molar-refractivity contribution in [2.24, 2.45) is 5.41 Å². The Morgan fingerprint density at radius 2 is 1.47 bits per heavy atom. The molecule has 0 aliphatic carbocycles. The second-order valence-corrected chi connectivity index (χ2v) is 9.40. The van der Waals surface area contributed by atoms with Crippen LogP contribution in [0.25, 0.3) is 44.3 Å². The van der Waals surface area contributed by atoms with Crippen molar-refractivity contribution < 1.29 is 23.6 Å². The highest BCUT2D eigenvalue weighted by atomic mass is 16.3. The van der Waals surface area contributed by atoms with E-state index in [1.165, 1.54) is 12.1 Å². The van der Waals surface area contributed by atoms with Gasteiger partial charge in [0, 0.05) is 41.7 Å². The van der Waals surface area contributed by atoms with Crippen molar-refractivity contribution in [3.8, 4) is 22.4 Å². The van der Waals surface area contributed by atoms with Crippen LogP contribution in [-0.4, -0.2) is 4.98 Å². The molecule has 3 aromatic carbocycles. The van der Waals surface area contributed by atoms with Crippen LogP contribution in [0.5, 0.6) is 0 Å². The average molecular weight is 462 g/mol. The SMILES string of the molecule is [2H]C([2H])([2H])c1cnc(-c2cccc3c2oc2c(C([2H])([2H])[2H])cccc23)cc1-c1cc(C([2H])([2H])[2H])c(C([2H])([2H])C(C)(C)C)cc1C([2H])([2H])[2H]. The number of pyridine rings is 1. The molecule has 5 aromatic rings. The van der Waals surface area contributed by atoms with Crippen LogP contribution in [0.3, 0.4) is 0 Å². The maximum Gasteiger partial charge on any atom is 0.144 e. The van der Waals surface area contributed by atoms with E-state index in [1.807, 2.05) is 0 Å². The number of fused-ring (bicyclic) bond motifs is 3. The number of nitrogens with zero attached hydrogens (tertiary/aromatic N) is 1. The summed E-state index contributed by atoms with van der Waals surface area (Å²) in [6, 6.07) is 13.3. The smallest absolute Gasteiger partial charge is 0.144 e. The molecule has 0 aliphatic rings. The van der Waals surface area contributed by atoms with Crippen LogP contribution >= 0.6 is 0 Å². The molecule has 0 aliphatic heterocycles. The molecule has 5 rings (SSSR count). The summed E-state index contributed by atoms with van der Waals surface area (Å²) in [6.45, 7) is -6.38. The second kappa shape index (κ2) is 8.13. The van der Waals surface area contributed by atoms with Crippen molar-refractivity contribution in [3.05, 3.63) is 88.6 Å². The van der Waals surface area contributed by atoms with E-state index in [1.54, 1.807) is 51.1 Å². The van der Waals surface area contributed by atoms with Crippen molar-refractivity contribution in [2.45, 2.75) is 54.6 Å². The van der Waals surface area contributed by atoms with Crippen molar-refractivity contribution in [2.75, 3.05) is 0 Å². The minimum Gasteiger partial charge on any atom is -0.455 e. The average Bonchev–Trinajstić information content (AvgIpc) is 3.32. The van der Waals surface area contributed by atoms with Gasteiger partial charge in [0.05, 0.1) is 5.69 Å². The molecule has 2 heteroatoms. The van der Waals surface area contributed by atoms with Gasteiger partial charge in [-0.2, -0.15) is 0 Å². The van der Waals surface area contributed by atoms with Gasteiger partial charge in [-0.25, -0.2) is 0 Å².